The summed E-state index contributed by atoms with van der Waals surface area (Å²) in [5.74, 6) is -0.253. The molecule has 0 saturated heterocycles. The standard InChI is InChI=1S/C48H50F2N2/c1-9-12-14-29-18-20-34-40-31(29)24-26-52-45(40)41-32(19-22-37(50)43(41)47(34,7)8)35(48(52,10-2)11-3)27-51-25-23-30-15-13-16-33-39(30)44(51)38-28(4)17-21-36(49)42(38)46(33,5)6/h13,15-26,35H,9-12,14,27H2,1-8H3/q+2. The predicted molar refractivity (Wildman–Crippen MR) is 208 cm³/mol. The van der Waals surface area contributed by atoms with E-state index in [0.717, 1.165) is 71.2 Å². The molecule has 9 rings (SSSR count). The Bertz CT molecular complexity index is 2500. The van der Waals surface area contributed by atoms with Crippen molar-refractivity contribution in [2.24, 2.45) is 0 Å². The third-order valence-electron chi connectivity index (χ3n) is 13.8. The molecule has 4 aromatic carbocycles. The molecule has 2 nitrogen and oxygen atoms in total. The molecule has 1 aliphatic heterocycles. The highest BCUT2D eigenvalue weighted by Gasteiger charge is 2.57. The molecule has 264 valence electrons. The summed E-state index contributed by atoms with van der Waals surface area (Å²) in [6.45, 7) is 18.5. The normalized spacial score (nSPS) is 18.2. The topological polar surface area (TPSA) is 7.76 Å². The maximum Gasteiger partial charge on any atom is 0.221 e. The van der Waals surface area contributed by atoms with Crippen LogP contribution in [0.3, 0.4) is 0 Å². The Morgan fingerprint density at radius 3 is 2.10 bits per heavy atom. The highest BCUT2D eigenvalue weighted by molar-refractivity contribution is 6.03. The van der Waals surface area contributed by atoms with Crippen LogP contribution in [0, 0.1) is 18.6 Å². The van der Waals surface area contributed by atoms with Crippen molar-refractivity contribution >= 4 is 21.5 Å². The van der Waals surface area contributed by atoms with Crippen molar-refractivity contribution in [1.29, 1.82) is 0 Å². The molecule has 3 heterocycles. The van der Waals surface area contributed by atoms with Crippen molar-refractivity contribution in [3.8, 4) is 22.5 Å². The fourth-order valence-corrected chi connectivity index (χ4v) is 11.1. The van der Waals surface area contributed by atoms with E-state index >= 15 is 8.78 Å². The van der Waals surface area contributed by atoms with Gasteiger partial charge in [-0.15, -0.1) is 0 Å². The lowest BCUT2D eigenvalue weighted by Gasteiger charge is -2.44. The first-order valence-electron chi connectivity index (χ1n) is 19.5. The number of benzene rings is 4. The fourth-order valence-electron chi connectivity index (χ4n) is 11.1. The highest BCUT2D eigenvalue weighted by Crippen LogP contribution is 2.57. The second kappa shape index (κ2) is 11.3. The van der Waals surface area contributed by atoms with E-state index in [1.165, 1.54) is 43.9 Å². The number of fused-ring (bicyclic) bond motifs is 2. The summed E-state index contributed by atoms with van der Waals surface area (Å²) in [7, 11) is 0. The number of nitrogens with zero attached hydrogens (tertiary/aromatic N) is 2. The zero-order valence-corrected chi connectivity index (χ0v) is 32.0. The lowest BCUT2D eigenvalue weighted by Crippen LogP contribution is -2.65. The van der Waals surface area contributed by atoms with Crippen LogP contribution in [0.2, 0.25) is 0 Å². The van der Waals surface area contributed by atoms with Crippen LogP contribution in [0.25, 0.3) is 44.1 Å². The number of aromatic nitrogens is 2. The largest absolute Gasteiger partial charge is 0.221 e. The Morgan fingerprint density at radius 2 is 1.38 bits per heavy atom. The van der Waals surface area contributed by atoms with E-state index < -0.39 is 10.8 Å². The van der Waals surface area contributed by atoms with Crippen LogP contribution in [0.5, 0.6) is 0 Å². The van der Waals surface area contributed by atoms with Gasteiger partial charge in [-0.05, 0) is 70.5 Å². The quantitative estimate of drug-likeness (QED) is 0.147. The first-order valence-corrected chi connectivity index (χ1v) is 19.5. The SMILES string of the molecule is CCCCc1ccc2c3c4[n+](ccc13)C(CC)(CC)C(C[n+]1ccc3cccc5c3c1-c1c(C)ccc(F)c1C5(C)C)c1ccc(F)c(c1-4)C2(C)C. The van der Waals surface area contributed by atoms with Crippen LogP contribution in [-0.2, 0) is 29.3 Å². The molecule has 0 spiro atoms. The second-order valence-corrected chi connectivity index (χ2v) is 16.9. The molecule has 6 aromatic rings. The number of hydrogen-bond acceptors (Lipinski definition) is 0. The molecule has 1 unspecified atom stereocenters. The van der Waals surface area contributed by atoms with Gasteiger partial charge in [0, 0.05) is 46.9 Å². The summed E-state index contributed by atoms with van der Waals surface area (Å²) in [6.07, 6.45) is 9.72. The van der Waals surface area contributed by atoms with E-state index in [1.807, 2.05) is 6.07 Å². The predicted octanol–water partition coefficient (Wildman–Crippen LogP) is 11.4. The van der Waals surface area contributed by atoms with Crippen molar-refractivity contribution in [3.63, 3.8) is 0 Å². The molecule has 0 amide bonds. The Hall–Kier alpha value is -4.44. The van der Waals surface area contributed by atoms with E-state index in [0.29, 0.717) is 6.54 Å². The van der Waals surface area contributed by atoms with Gasteiger partial charge in [-0.25, -0.2) is 8.78 Å². The number of hydrogen-bond donors (Lipinski definition) is 0. The van der Waals surface area contributed by atoms with Crippen molar-refractivity contribution in [2.45, 2.75) is 116 Å². The number of rotatable bonds is 7. The molecule has 2 aromatic heterocycles. The minimum atomic E-state index is -0.512. The van der Waals surface area contributed by atoms with E-state index in [-0.39, 0.29) is 23.1 Å². The average Bonchev–Trinajstić information content (AvgIpc) is 3.13. The maximum atomic E-state index is 16.6. The zero-order valence-electron chi connectivity index (χ0n) is 32.0. The molecule has 0 bridgehead atoms. The molecule has 2 aliphatic carbocycles. The molecular weight excluding hydrogens is 643 g/mol. The first kappa shape index (κ1) is 33.4. The summed E-state index contributed by atoms with van der Waals surface area (Å²) in [6, 6.07) is 23.1. The lowest BCUT2D eigenvalue weighted by atomic mass is 9.62. The molecule has 52 heavy (non-hydrogen) atoms. The van der Waals surface area contributed by atoms with Gasteiger partial charge < -0.3 is 0 Å². The van der Waals surface area contributed by atoms with Gasteiger partial charge in [0.05, 0.1) is 21.9 Å². The Balaban J connectivity index is 1.36. The van der Waals surface area contributed by atoms with Crippen LogP contribution >= 0.6 is 0 Å². The van der Waals surface area contributed by atoms with Crippen molar-refractivity contribution < 1.29 is 17.9 Å². The third kappa shape index (κ3) is 4.10. The zero-order chi connectivity index (χ0) is 36.5. The van der Waals surface area contributed by atoms with Gasteiger partial charge in [-0.3, -0.25) is 0 Å². The molecule has 0 radical (unpaired) electrons. The summed E-state index contributed by atoms with van der Waals surface area (Å²) in [4.78, 5) is 0. The van der Waals surface area contributed by atoms with Crippen LogP contribution in [0.4, 0.5) is 8.78 Å². The summed E-state index contributed by atoms with van der Waals surface area (Å²) >= 11 is 0. The highest BCUT2D eigenvalue weighted by atomic mass is 19.1. The summed E-state index contributed by atoms with van der Waals surface area (Å²) in [5, 5.41) is 4.98. The lowest BCUT2D eigenvalue weighted by molar-refractivity contribution is -0.777. The van der Waals surface area contributed by atoms with Crippen LogP contribution < -0.4 is 9.13 Å². The fraction of sp³-hybridized carbons (Fsp3) is 0.375. The Labute approximate surface area is 307 Å². The number of pyridine rings is 2. The van der Waals surface area contributed by atoms with E-state index in [1.54, 1.807) is 12.1 Å². The van der Waals surface area contributed by atoms with E-state index in [4.69, 9.17) is 0 Å². The molecule has 3 aliphatic rings. The van der Waals surface area contributed by atoms with Crippen LogP contribution in [-0.4, -0.2) is 0 Å². The van der Waals surface area contributed by atoms with Gasteiger partial charge in [0.1, 0.15) is 17.6 Å². The molecule has 0 N–H and O–H groups in total. The molecule has 0 fully saturated rings. The van der Waals surface area contributed by atoms with E-state index in [2.05, 4.69) is 125 Å². The van der Waals surface area contributed by atoms with Crippen LogP contribution in [0.1, 0.15) is 119 Å². The van der Waals surface area contributed by atoms with Gasteiger partial charge in [-0.1, -0.05) is 97.4 Å². The first-order chi connectivity index (χ1) is 24.9. The minimum Gasteiger partial charge on any atom is -0.207 e. The number of halogens is 2. The minimum absolute atomic E-state index is 0.0329. The Kier molecular flexibility index (Phi) is 7.25. The molecule has 1 atom stereocenters. The van der Waals surface area contributed by atoms with Gasteiger partial charge >= 0.3 is 0 Å². The number of aryl methyl sites for hydroxylation is 2. The Morgan fingerprint density at radius 1 is 0.692 bits per heavy atom. The van der Waals surface area contributed by atoms with Gasteiger partial charge in [0.15, 0.2) is 24.5 Å². The molecule has 4 heteroatoms. The monoisotopic (exact) mass is 692 g/mol. The van der Waals surface area contributed by atoms with Crippen molar-refractivity contribution in [2.75, 3.05) is 0 Å². The maximum absolute atomic E-state index is 16.6. The smallest absolute Gasteiger partial charge is 0.207 e. The van der Waals surface area contributed by atoms with Gasteiger partial charge in [0.25, 0.3) is 0 Å². The van der Waals surface area contributed by atoms with Crippen molar-refractivity contribution in [3.05, 3.63) is 130 Å². The van der Waals surface area contributed by atoms with Crippen LogP contribution in [0.15, 0.2) is 79.1 Å². The third-order valence-corrected chi connectivity index (χ3v) is 13.8. The summed E-state index contributed by atoms with van der Waals surface area (Å²) < 4.78 is 37.7. The summed E-state index contributed by atoms with van der Waals surface area (Å²) in [5.41, 5.74) is 10.7. The second-order valence-electron chi connectivity index (χ2n) is 16.9. The molecular formula is C48H50F2N2+2. The van der Waals surface area contributed by atoms with Gasteiger partial charge in [-0.2, -0.15) is 9.13 Å². The molecule has 0 saturated carbocycles. The van der Waals surface area contributed by atoms with E-state index in [9.17, 15) is 0 Å². The van der Waals surface area contributed by atoms with Crippen molar-refractivity contribution in [1.82, 2.24) is 0 Å². The average molecular weight is 693 g/mol. The van der Waals surface area contributed by atoms with Gasteiger partial charge in [0.2, 0.25) is 11.4 Å². The number of unbranched alkanes of at least 4 members (excludes halogenated alkanes) is 1.